The van der Waals surface area contributed by atoms with Crippen molar-refractivity contribution in [2.45, 2.75) is 31.7 Å². The summed E-state index contributed by atoms with van der Waals surface area (Å²) in [7, 11) is 0. The lowest BCUT2D eigenvalue weighted by Gasteiger charge is -2.13. The first-order chi connectivity index (χ1) is 9.47. The third-order valence-electron chi connectivity index (χ3n) is 3.27. The maximum absolute atomic E-state index is 12.4. The fourth-order valence-electron chi connectivity index (χ4n) is 2.07. The maximum atomic E-state index is 12.4. The number of alkyl halides is 3. The van der Waals surface area contributed by atoms with Gasteiger partial charge in [0.15, 0.2) is 0 Å². The van der Waals surface area contributed by atoms with Crippen molar-refractivity contribution in [1.82, 2.24) is 5.32 Å². The molecule has 1 heterocycles. The maximum Gasteiger partial charge on any atom is 0.416 e. The van der Waals surface area contributed by atoms with E-state index in [4.69, 9.17) is 4.74 Å². The molecule has 0 unspecified atom stereocenters. The Bertz CT molecular complexity index is 499. The first kappa shape index (κ1) is 14.9. The largest absolute Gasteiger partial charge is 0.416 e. The number of benzene rings is 1. The molecule has 1 aliphatic heterocycles. The Morgan fingerprint density at radius 1 is 1.30 bits per heavy atom. The van der Waals surface area contributed by atoms with E-state index in [0.717, 1.165) is 25.2 Å². The lowest BCUT2D eigenvalue weighted by molar-refractivity contribution is -0.137. The average molecular weight is 283 g/mol. The van der Waals surface area contributed by atoms with Gasteiger partial charge in [-0.15, -0.1) is 0 Å². The fraction of sp³-hybridized carbons (Fsp3) is 0.467. The molecule has 1 N–H and O–H groups in total. The van der Waals surface area contributed by atoms with Gasteiger partial charge in [0.2, 0.25) is 0 Å². The molecule has 1 fully saturated rings. The van der Waals surface area contributed by atoms with E-state index in [9.17, 15) is 13.2 Å². The minimum atomic E-state index is -4.30. The minimum Gasteiger partial charge on any atom is -0.377 e. The van der Waals surface area contributed by atoms with E-state index in [2.05, 4.69) is 17.2 Å². The van der Waals surface area contributed by atoms with Crippen LogP contribution >= 0.6 is 0 Å². The van der Waals surface area contributed by atoms with Crippen LogP contribution in [0, 0.1) is 11.8 Å². The third kappa shape index (κ3) is 3.99. The summed E-state index contributed by atoms with van der Waals surface area (Å²) >= 11 is 0. The number of nitrogens with one attached hydrogen (secondary N) is 1. The van der Waals surface area contributed by atoms with Crippen LogP contribution in [0.25, 0.3) is 0 Å². The molecular formula is C15H16F3NO. The molecule has 1 aliphatic rings. The van der Waals surface area contributed by atoms with Gasteiger partial charge in [-0.05, 0) is 37.6 Å². The molecule has 0 radical (unpaired) electrons. The highest BCUT2D eigenvalue weighted by Gasteiger charge is 2.29. The van der Waals surface area contributed by atoms with Gasteiger partial charge in [0.1, 0.15) is 0 Å². The summed E-state index contributed by atoms with van der Waals surface area (Å²) in [6.07, 6.45) is -3.15. The third-order valence-corrected chi connectivity index (χ3v) is 3.27. The topological polar surface area (TPSA) is 21.3 Å². The van der Waals surface area contributed by atoms with Crippen LogP contribution < -0.4 is 5.32 Å². The van der Waals surface area contributed by atoms with Crippen molar-refractivity contribution < 1.29 is 17.9 Å². The van der Waals surface area contributed by atoms with Crippen molar-refractivity contribution in [3.05, 3.63) is 35.4 Å². The van der Waals surface area contributed by atoms with Crippen LogP contribution in [0.5, 0.6) is 0 Å². The molecule has 0 aliphatic carbocycles. The predicted molar refractivity (Wildman–Crippen MR) is 70.1 cm³/mol. The van der Waals surface area contributed by atoms with Crippen molar-refractivity contribution >= 4 is 0 Å². The normalized spacial score (nSPS) is 22.4. The standard InChI is InChI=1S/C15H16F3NO/c1-11-14(8-10-20-11)19-9-2-3-12-4-6-13(7-5-12)15(16,17)18/h4-7,11,14,19H,8-10H2,1H3/t11-,14+/m1/s1. The number of rotatable bonds is 2. The Kier molecular flexibility index (Phi) is 4.69. The molecule has 1 aromatic rings. The molecule has 2 atom stereocenters. The van der Waals surface area contributed by atoms with Crippen molar-refractivity contribution in [1.29, 1.82) is 0 Å². The quantitative estimate of drug-likeness (QED) is 0.843. The van der Waals surface area contributed by atoms with Gasteiger partial charge in [0.25, 0.3) is 0 Å². The van der Waals surface area contributed by atoms with Gasteiger partial charge in [0.05, 0.1) is 18.2 Å². The van der Waals surface area contributed by atoms with E-state index in [0.29, 0.717) is 18.2 Å². The molecule has 5 heteroatoms. The van der Waals surface area contributed by atoms with Crippen molar-refractivity contribution in [2.24, 2.45) is 0 Å². The second-order valence-electron chi connectivity index (χ2n) is 4.73. The van der Waals surface area contributed by atoms with Gasteiger partial charge >= 0.3 is 6.18 Å². The SMILES string of the molecule is C[C@H]1OCC[C@@H]1NCC#Cc1ccc(C(F)(F)F)cc1. The molecule has 0 saturated carbocycles. The van der Waals surface area contributed by atoms with E-state index in [1.807, 2.05) is 6.92 Å². The zero-order chi connectivity index (χ0) is 14.6. The Balaban J connectivity index is 1.86. The highest BCUT2D eigenvalue weighted by atomic mass is 19.4. The molecule has 0 aromatic heterocycles. The molecule has 0 spiro atoms. The van der Waals surface area contributed by atoms with Crippen molar-refractivity contribution in [3.63, 3.8) is 0 Å². The van der Waals surface area contributed by atoms with Gasteiger partial charge < -0.3 is 10.1 Å². The van der Waals surface area contributed by atoms with Crippen LogP contribution in [0.1, 0.15) is 24.5 Å². The molecule has 20 heavy (non-hydrogen) atoms. The second kappa shape index (κ2) is 6.29. The molecular weight excluding hydrogens is 267 g/mol. The van der Waals surface area contributed by atoms with E-state index in [1.54, 1.807) is 0 Å². The molecule has 108 valence electrons. The van der Waals surface area contributed by atoms with Gasteiger partial charge in [-0.2, -0.15) is 13.2 Å². The molecule has 2 nitrogen and oxygen atoms in total. The first-order valence-electron chi connectivity index (χ1n) is 6.48. The van der Waals surface area contributed by atoms with E-state index >= 15 is 0 Å². The van der Waals surface area contributed by atoms with E-state index in [1.165, 1.54) is 12.1 Å². The van der Waals surface area contributed by atoms with Crippen molar-refractivity contribution in [2.75, 3.05) is 13.2 Å². The lowest BCUT2D eigenvalue weighted by atomic mass is 10.1. The highest BCUT2D eigenvalue weighted by Crippen LogP contribution is 2.28. The van der Waals surface area contributed by atoms with Crippen LogP contribution in [-0.2, 0) is 10.9 Å². The fourth-order valence-corrected chi connectivity index (χ4v) is 2.07. The van der Waals surface area contributed by atoms with Gasteiger partial charge in [-0.1, -0.05) is 11.8 Å². The van der Waals surface area contributed by atoms with Crippen LogP contribution in [0.3, 0.4) is 0 Å². The Morgan fingerprint density at radius 2 is 2.00 bits per heavy atom. The second-order valence-corrected chi connectivity index (χ2v) is 4.73. The van der Waals surface area contributed by atoms with Crippen LogP contribution in [0.15, 0.2) is 24.3 Å². The van der Waals surface area contributed by atoms with Crippen LogP contribution in [0.4, 0.5) is 13.2 Å². The monoisotopic (exact) mass is 283 g/mol. The lowest BCUT2D eigenvalue weighted by Crippen LogP contribution is -2.34. The number of hydrogen-bond donors (Lipinski definition) is 1. The summed E-state index contributed by atoms with van der Waals surface area (Å²) in [6, 6.07) is 5.17. The van der Waals surface area contributed by atoms with E-state index in [-0.39, 0.29) is 6.10 Å². The summed E-state index contributed by atoms with van der Waals surface area (Å²) < 4.78 is 42.5. The summed E-state index contributed by atoms with van der Waals surface area (Å²) in [6.45, 7) is 3.26. The van der Waals surface area contributed by atoms with Gasteiger partial charge in [0, 0.05) is 18.2 Å². The summed E-state index contributed by atoms with van der Waals surface area (Å²) in [5.41, 5.74) is -0.0753. The predicted octanol–water partition coefficient (Wildman–Crippen LogP) is 2.82. The molecule has 0 amide bonds. The average Bonchev–Trinajstić information content (AvgIpc) is 2.80. The molecule has 2 rings (SSSR count). The summed E-state index contributed by atoms with van der Waals surface area (Å²) in [5, 5.41) is 3.26. The minimum absolute atomic E-state index is 0.183. The summed E-state index contributed by atoms with van der Waals surface area (Å²) in [5.74, 6) is 5.75. The van der Waals surface area contributed by atoms with Crippen molar-refractivity contribution in [3.8, 4) is 11.8 Å². The van der Waals surface area contributed by atoms with Gasteiger partial charge in [-0.3, -0.25) is 0 Å². The number of halogens is 3. The number of hydrogen-bond acceptors (Lipinski definition) is 2. The zero-order valence-corrected chi connectivity index (χ0v) is 11.1. The summed E-state index contributed by atoms with van der Waals surface area (Å²) in [4.78, 5) is 0. The zero-order valence-electron chi connectivity index (χ0n) is 11.1. The highest BCUT2D eigenvalue weighted by molar-refractivity contribution is 5.37. The molecule has 0 bridgehead atoms. The Morgan fingerprint density at radius 3 is 2.55 bits per heavy atom. The van der Waals surface area contributed by atoms with Gasteiger partial charge in [-0.25, -0.2) is 0 Å². The van der Waals surface area contributed by atoms with E-state index < -0.39 is 11.7 Å². The smallest absolute Gasteiger partial charge is 0.377 e. The number of ether oxygens (including phenoxy) is 1. The first-order valence-corrected chi connectivity index (χ1v) is 6.48. The molecule has 1 saturated heterocycles. The van der Waals surface area contributed by atoms with Crippen LogP contribution in [0.2, 0.25) is 0 Å². The molecule has 1 aromatic carbocycles. The Labute approximate surface area is 116 Å². The Hall–Kier alpha value is -1.51. The van der Waals surface area contributed by atoms with Crippen LogP contribution in [-0.4, -0.2) is 25.3 Å².